The molecule has 0 atom stereocenters. The predicted octanol–water partition coefficient (Wildman–Crippen LogP) is 1.50. The summed E-state index contributed by atoms with van der Waals surface area (Å²) < 4.78 is 0. The number of carbonyl (C=O) groups is 1. The van der Waals surface area contributed by atoms with Gasteiger partial charge in [-0.3, -0.25) is 4.79 Å². The first-order chi connectivity index (χ1) is 7.84. The van der Waals surface area contributed by atoms with E-state index in [1.54, 1.807) is 22.4 Å². The van der Waals surface area contributed by atoms with Crippen LogP contribution in [0.2, 0.25) is 0 Å². The maximum atomic E-state index is 11.5. The molecule has 0 fully saturated rings. The van der Waals surface area contributed by atoms with Gasteiger partial charge in [0.2, 0.25) is 5.91 Å². The predicted molar refractivity (Wildman–Crippen MR) is 64.6 cm³/mol. The molecule has 1 N–H and O–H groups in total. The molecule has 0 unspecified atom stereocenters. The van der Waals surface area contributed by atoms with Gasteiger partial charge in [-0.2, -0.15) is 0 Å². The molecule has 2 rings (SSSR count). The molecule has 0 aromatic carbocycles. The first-order valence-electron chi connectivity index (χ1n) is 4.85. The first-order valence-corrected chi connectivity index (χ1v) is 6.74. The SMILES string of the molecule is O=C(Cc1cscn1)NCCc1cscn1. The molecule has 0 saturated heterocycles. The lowest BCUT2D eigenvalue weighted by Crippen LogP contribution is -2.27. The second-order valence-electron chi connectivity index (χ2n) is 3.24. The number of hydrogen-bond acceptors (Lipinski definition) is 5. The maximum absolute atomic E-state index is 11.5. The highest BCUT2D eigenvalue weighted by atomic mass is 32.1. The van der Waals surface area contributed by atoms with Crippen LogP contribution in [0.5, 0.6) is 0 Å². The molecule has 0 spiro atoms. The summed E-state index contributed by atoms with van der Waals surface area (Å²) in [7, 11) is 0. The number of nitrogens with one attached hydrogen (secondary N) is 1. The summed E-state index contributed by atoms with van der Waals surface area (Å²) >= 11 is 3.07. The third kappa shape index (κ3) is 3.39. The van der Waals surface area contributed by atoms with Crippen LogP contribution in [0, 0.1) is 0 Å². The van der Waals surface area contributed by atoms with E-state index >= 15 is 0 Å². The minimum absolute atomic E-state index is 0.0149. The highest BCUT2D eigenvalue weighted by molar-refractivity contribution is 7.07. The Morgan fingerprint density at radius 2 is 1.88 bits per heavy atom. The molecule has 4 nitrogen and oxygen atoms in total. The fraction of sp³-hybridized carbons (Fsp3) is 0.300. The van der Waals surface area contributed by atoms with Gasteiger partial charge in [0, 0.05) is 23.7 Å². The minimum atomic E-state index is 0.0149. The zero-order chi connectivity index (χ0) is 11.2. The van der Waals surface area contributed by atoms with Crippen molar-refractivity contribution in [1.29, 1.82) is 0 Å². The molecule has 0 aliphatic rings. The van der Waals surface area contributed by atoms with E-state index in [4.69, 9.17) is 0 Å². The number of thiazole rings is 2. The monoisotopic (exact) mass is 253 g/mol. The van der Waals surface area contributed by atoms with Crippen molar-refractivity contribution >= 4 is 28.6 Å². The Labute approximate surface area is 101 Å². The zero-order valence-electron chi connectivity index (χ0n) is 8.55. The lowest BCUT2D eigenvalue weighted by Gasteiger charge is -2.01. The van der Waals surface area contributed by atoms with Gasteiger partial charge in [-0.25, -0.2) is 9.97 Å². The fourth-order valence-electron chi connectivity index (χ4n) is 1.24. The summed E-state index contributed by atoms with van der Waals surface area (Å²) in [4.78, 5) is 19.7. The number of amides is 1. The van der Waals surface area contributed by atoms with Crippen molar-refractivity contribution in [2.45, 2.75) is 12.8 Å². The summed E-state index contributed by atoms with van der Waals surface area (Å²) in [6.07, 6.45) is 1.15. The summed E-state index contributed by atoms with van der Waals surface area (Å²) in [6, 6.07) is 0. The standard InChI is InChI=1S/C10H11N3OS2/c14-10(3-9-5-16-7-13-9)11-2-1-8-4-15-6-12-8/h4-7H,1-3H2,(H,11,14). The molecular weight excluding hydrogens is 242 g/mol. The second kappa shape index (κ2) is 5.72. The quantitative estimate of drug-likeness (QED) is 0.878. The molecule has 16 heavy (non-hydrogen) atoms. The number of nitrogens with zero attached hydrogens (tertiary/aromatic N) is 2. The largest absolute Gasteiger partial charge is 0.355 e. The minimum Gasteiger partial charge on any atom is -0.355 e. The van der Waals surface area contributed by atoms with Gasteiger partial charge < -0.3 is 5.32 Å². The molecule has 2 aromatic heterocycles. The molecular formula is C10H11N3OS2. The Balaban J connectivity index is 1.68. The van der Waals surface area contributed by atoms with Crippen molar-refractivity contribution in [1.82, 2.24) is 15.3 Å². The molecule has 84 valence electrons. The maximum Gasteiger partial charge on any atom is 0.226 e. The highest BCUT2D eigenvalue weighted by Gasteiger charge is 2.04. The normalized spacial score (nSPS) is 10.2. The summed E-state index contributed by atoms with van der Waals surface area (Å²) in [5.41, 5.74) is 5.39. The van der Waals surface area contributed by atoms with Crippen molar-refractivity contribution in [2.75, 3.05) is 6.54 Å². The molecule has 1 amide bonds. The lowest BCUT2D eigenvalue weighted by molar-refractivity contribution is -0.120. The van der Waals surface area contributed by atoms with Crippen LogP contribution >= 0.6 is 22.7 Å². The summed E-state index contributed by atoms with van der Waals surface area (Å²) in [5.74, 6) is 0.0149. The van der Waals surface area contributed by atoms with Gasteiger partial charge in [0.25, 0.3) is 0 Å². The lowest BCUT2D eigenvalue weighted by atomic mass is 10.3. The first kappa shape index (κ1) is 11.2. The topological polar surface area (TPSA) is 54.9 Å². The molecule has 6 heteroatoms. The Hall–Kier alpha value is -1.27. The Kier molecular flexibility index (Phi) is 4.01. The van der Waals surface area contributed by atoms with Crippen LogP contribution in [-0.2, 0) is 17.6 Å². The van der Waals surface area contributed by atoms with E-state index in [1.807, 2.05) is 10.8 Å². The second-order valence-corrected chi connectivity index (χ2v) is 4.67. The molecule has 2 heterocycles. The average Bonchev–Trinajstić information content (AvgIpc) is 2.90. The van der Waals surface area contributed by atoms with Crippen molar-refractivity contribution in [3.63, 3.8) is 0 Å². The van der Waals surface area contributed by atoms with E-state index in [0.29, 0.717) is 13.0 Å². The van der Waals surface area contributed by atoms with E-state index in [0.717, 1.165) is 17.8 Å². The van der Waals surface area contributed by atoms with Crippen molar-refractivity contribution in [3.05, 3.63) is 33.2 Å². The van der Waals surface area contributed by atoms with Crippen LogP contribution < -0.4 is 5.32 Å². The number of aromatic nitrogens is 2. The van der Waals surface area contributed by atoms with E-state index in [1.165, 1.54) is 11.3 Å². The van der Waals surface area contributed by atoms with Gasteiger partial charge in [-0.1, -0.05) is 0 Å². The van der Waals surface area contributed by atoms with Crippen LogP contribution in [0.25, 0.3) is 0 Å². The van der Waals surface area contributed by atoms with Gasteiger partial charge in [0.05, 0.1) is 28.8 Å². The smallest absolute Gasteiger partial charge is 0.226 e. The highest BCUT2D eigenvalue weighted by Crippen LogP contribution is 2.02. The Morgan fingerprint density at radius 3 is 2.50 bits per heavy atom. The van der Waals surface area contributed by atoms with Crippen molar-refractivity contribution < 1.29 is 4.79 Å². The molecule has 0 radical (unpaired) electrons. The fourth-order valence-corrected chi connectivity index (χ4v) is 2.39. The third-order valence-electron chi connectivity index (χ3n) is 2.01. The number of hydrogen-bond donors (Lipinski definition) is 1. The average molecular weight is 253 g/mol. The summed E-state index contributed by atoms with van der Waals surface area (Å²) in [5, 5.41) is 6.73. The summed E-state index contributed by atoms with van der Waals surface area (Å²) in [6.45, 7) is 0.632. The molecule has 0 bridgehead atoms. The van der Waals surface area contributed by atoms with Gasteiger partial charge in [-0.15, -0.1) is 22.7 Å². The van der Waals surface area contributed by atoms with Crippen LogP contribution in [0.1, 0.15) is 11.4 Å². The van der Waals surface area contributed by atoms with E-state index in [-0.39, 0.29) is 5.91 Å². The van der Waals surface area contributed by atoms with Crippen molar-refractivity contribution in [3.8, 4) is 0 Å². The van der Waals surface area contributed by atoms with Gasteiger partial charge in [0.15, 0.2) is 0 Å². The molecule has 0 saturated carbocycles. The van der Waals surface area contributed by atoms with Crippen LogP contribution in [0.4, 0.5) is 0 Å². The molecule has 2 aromatic rings. The number of carbonyl (C=O) groups excluding carboxylic acids is 1. The van der Waals surface area contributed by atoms with E-state index < -0.39 is 0 Å². The van der Waals surface area contributed by atoms with Gasteiger partial charge >= 0.3 is 0 Å². The zero-order valence-corrected chi connectivity index (χ0v) is 10.2. The van der Waals surface area contributed by atoms with Gasteiger partial charge in [-0.05, 0) is 0 Å². The van der Waals surface area contributed by atoms with E-state index in [2.05, 4.69) is 15.3 Å². The Bertz CT molecular complexity index is 425. The van der Waals surface area contributed by atoms with Crippen LogP contribution in [-0.4, -0.2) is 22.4 Å². The van der Waals surface area contributed by atoms with Crippen LogP contribution in [0.15, 0.2) is 21.8 Å². The van der Waals surface area contributed by atoms with Crippen molar-refractivity contribution in [2.24, 2.45) is 0 Å². The molecule has 0 aliphatic carbocycles. The number of rotatable bonds is 5. The Morgan fingerprint density at radius 1 is 1.19 bits per heavy atom. The molecule has 0 aliphatic heterocycles. The van der Waals surface area contributed by atoms with E-state index in [9.17, 15) is 4.79 Å². The van der Waals surface area contributed by atoms with Crippen LogP contribution in [0.3, 0.4) is 0 Å². The van der Waals surface area contributed by atoms with Gasteiger partial charge in [0.1, 0.15) is 0 Å². The third-order valence-corrected chi connectivity index (χ3v) is 3.28.